The fourth-order valence-corrected chi connectivity index (χ4v) is 5.58. The van der Waals surface area contributed by atoms with Crippen LogP contribution in [0.25, 0.3) is 0 Å². The first kappa shape index (κ1) is 30.1. The molecule has 0 bridgehead atoms. The van der Waals surface area contributed by atoms with Crippen molar-refractivity contribution in [3.8, 4) is 0 Å². The molecular weight excluding hydrogens is 596 g/mol. The van der Waals surface area contributed by atoms with Gasteiger partial charge in [-0.2, -0.15) is 0 Å². The first-order chi connectivity index (χ1) is 20.2. The molecule has 0 spiro atoms. The van der Waals surface area contributed by atoms with Gasteiger partial charge in [0.2, 0.25) is 13.0 Å². The Labute approximate surface area is 245 Å². The number of rotatable bonds is 13. The van der Waals surface area contributed by atoms with E-state index >= 15 is 0 Å². The number of carbonyl (C=O) groups excluding carboxylic acids is 5. The zero-order valence-corrected chi connectivity index (χ0v) is 23.3. The quantitative estimate of drug-likeness (QED) is 0.0802. The highest BCUT2D eigenvalue weighted by molar-refractivity contribution is 8.00. The second-order valence-corrected chi connectivity index (χ2v) is 10.3. The topological polar surface area (TPSA) is 209 Å². The molecule has 1 unspecified atom stereocenters. The molecule has 1 aromatic carbocycles. The normalized spacial score (nSPS) is 17.6. The number of β-lactam (4-membered cyclic amide) rings is 1. The molecule has 42 heavy (non-hydrogen) atoms. The summed E-state index contributed by atoms with van der Waals surface area (Å²) in [5.41, 5.74) is 0.0699. The second kappa shape index (κ2) is 13.7. The number of nitrogens with one attached hydrogen (secondary N) is 2. The van der Waals surface area contributed by atoms with Crippen LogP contribution in [-0.4, -0.2) is 81.1 Å². The summed E-state index contributed by atoms with van der Waals surface area (Å²) in [7, 11) is 0. The molecule has 2 aliphatic rings. The summed E-state index contributed by atoms with van der Waals surface area (Å²) in [6, 6.07) is 4.44. The number of thioether (sulfide) groups is 1. The summed E-state index contributed by atoms with van der Waals surface area (Å²) in [6.45, 7) is 0.970. The van der Waals surface area contributed by atoms with Crippen LogP contribution in [0.5, 0.6) is 0 Å². The summed E-state index contributed by atoms with van der Waals surface area (Å²) >= 11 is 2.30. The van der Waals surface area contributed by atoms with Crippen LogP contribution in [0.1, 0.15) is 18.2 Å². The maximum Gasteiger partial charge on any atom is 0.355 e. The molecule has 1 aromatic heterocycles. The Morgan fingerprint density at radius 1 is 1.26 bits per heavy atom. The number of nitro groups is 1. The monoisotopic (exact) mass is 618 g/mol. The molecule has 16 nitrogen and oxygen atoms in total. The molecular formula is C24H22N6O10S2. The molecule has 18 heteroatoms. The molecule has 3 amide bonds. The van der Waals surface area contributed by atoms with Gasteiger partial charge in [0.05, 0.1) is 11.5 Å². The number of aromatic nitrogens is 1. The van der Waals surface area contributed by atoms with E-state index in [0.717, 1.165) is 11.3 Å². The number of thiazole rings is 1. The third-order valence-electron chi connectivity index (χ3n) is 5.65. The van der Waals surface area contributed by atoms with E-state index in [1.54, 1.807) is 6.92 Å². The van der Waals surface area contributed by atoms with Gasteiger partial charge in [0.1, 0.15) is 29.4 Å². The van der Waals surface area contributed by atoms with Crippen molar-refractivity contribution < 1.29 is 43.2 Å². The minimum Gasteiger partial charge on any atom is -0.463 e. The average molecular weight is 619 g/mol. The van der Waals surface area contributed by atoms with E-state index in [0.29, 0.717) is 17.7 Å². The van der Waals surface area contributed by atoms with Gasteiger partial charge in [-0.15, -0.1) is 23.1 Å². The largest absolute Gasteiger partial charge is 0.463 e. The van der Waals surface area contributed by atoms with Gasteiger partial charge in [-0.05, 0) is 30.7 Å². The van der Waals surface area contributed by atoms with Gasteiger partial charge >= 0.3 is 11.9 Å². The number of nitro benzene ring substituents is 1. The summed E-state index contributed by atoms with van der Waals surface area (Å²) in [5.74, 6) is -2.57. The van der Waals surface area contributed by atoms with Crippen molar-refractivity contribution in [2.24, 2.45) is 5.16 Å². The first-order valence-corrected chi connectivity index (χ1v) is 14.0. The van der Waals surface area contributed by atoms with Gasteiger partial charge in [-0.1, -0.05) is 5.16 Å². The molecule has 2 aliphatic heterocycles. The molecule has 2 N–H and O–H groups in total. The van der Waals surface area contributed by atoms with E-state index < -0.39 is 46.7 Å². The molecule has 0 saturated carbocycles. The van der Waals surface area contributed by atoms with Crippen molar-refractivity contribution in [3.05, 3.63) is 62.8 Å². The number of carbonyl (C=O) groups is 5. The lowest BCUT2D eigenvalue weighted by Gasteiger charge is -2.48. The van der Waals surface area contributed by atoms with E-state index in [1.165, 1.54) is 52.4 Å². The van der Waals surface area contributed by atoms with Crippen molar-refractivity contribution in [2.75, 3.05) is 24.3 Å². The van der Waals surface area contributed by atoms with Gasteiger partial charge in [-0.3, -0.25) is 29.4 Å². The summed E-state index contributed by atoms with van der Waals surface area (Å²) in [6.07, 6.45) is 1.93. The van der Waals surface area contributed by atoms with Crippen molar-refractivity contribution in [2.45, 2.75) is 24.9 Å². The van der Waals surface area contributed by atoms with Crippen LogP contribution in [0.15, 0.2) is 46.6 Å². The third-order valence-corrected chi connectivity index (χ3v) is 7.60. The van der Waals surface area contributed by atoms with Gasteiger partial charge in [0, 0.05) is 23.3 Å². The van der Waals surface area contributed by atoms with E-state index in [2.05, 4.69) is 20.8 Å². The Balaban J connectivity index is 1.41. The summed E-state index contributed by atoms with van der Waals surface area (Å²) in [5, 5.41) is 20.4. The summed E-state index contributed by atoms with van der Waals surface area (Å²) < 4.78 is 10.1. The van der Waals surface area contributed by atoms with Crippen LogP contribution >= 0.6 is 23.1 Å². The predicted octanol–water partition coefficient (Wildman–Crippen LogP) is 0.931. The Hall–Kier alpha value is -4.84. The predicted molar refractivity (Wildman–Crippen MR) is 147 cm³/mol. The maximum atomic E-state index is 13.2. The van der Waals surface area contributed by atoms with Gasteiger partial charge < -0.3 is 24.9 Å². The minimum atomic E-state index is -1.03. The lowest BCUT2D eigenvalue weighted by atomic mass is 10.0. The fourth-order valence-electron chi connectivity index (χ4n) is 3.73. The number of non-ortho nitro benzene ring substituents is 1. The Morgan fingerprint density at radius 3 is 2.71 bits per heavy atom. The SMILES string of the molecule is CCOC(=O)CON=C(C(=O)NC1C(=O)N2C(C(=O)OCc3ccc([N+](=O)[O-])cc3)=CCS[C@@H]12)c1csc(NC=O)n1. The maximum absolute atomic E-state index is 13.2. The number of hydrogen-bond acceptors (Lipinski definition) is 14. The molecule has 220 valence electrons. The minimum absolute atomic E-state index is 0.00639. The molecule has 1 saturated heterocycles. The lowest BCUT2D eigenvalue weighted by molar-refractivity contribution is -0.384. The van der Waals surface area contributed by atoms with E-state index in [4.69, 9.17) is 14.3 Å². The van der Waals surface area contributed by atoms with Gasteiger partial charge in [0.25, 0.3) is 17.5 Å². The second-order valence-electron chi connectivity index (χ2n) is 8.29. The molecule has 3 heterocycles. The van der Waals surface area contributed by atoms with Crippen LogP contribution in [0, 0.1) is 10.1 Å². The molecule has 1 fully saturated rings. The van der Waals surface area contributed by atoms with Crippen LogP contribution in [-0.2, 0) is 44.9 Å². The number of esters is 2. The van der Waals surface area contributed by atoms with Gasteiger partial charge in [0.15, 0.2) is 10.8 Å². The lowest BCUT2D eigenvalue weighted by Crippen LogP contribution is -2.70. The van der Waals surface area contributed by atoms with Crippen molar-refractivity contribution in [1.29, 1.82) is 0 Å². The fraction of sp³-hybridized carbons (Fsp3) is 0.292. The molecule has 0 radical (unpaired) electrons. The van der Waals surface area contributed by atoms with E-state index in [-0.39, 0.29) is 41.1 Å². The Kier molecular flexibility index (Phi) is 9.81. The van der Waals surface area contributed by atoms with Crippen molar-refractivity contribution >= 4 is 69.8 Å². The smallest absolute Gasteiger partial charge is 0.355 e. The highest BCUT2D eigenvalue weighted by Crippen LogP contribution is 2.38. The molecule has 2 atom stereocenters. The number of fused-ring (bicyclic) bond motifs is 1. The van der Waals surface area contributed by atoms with Crippen LogP contribution < -0.4 is 10.6 Å². The Morgan fingerprint density at radius 2 is 2.02 bits per heavy atom. The molecule has 2 aromatic rings. The number of benzene rings is 1. The number of ether oxygens (including phenoxy) is 2. The third kappa shape index (κ3) is 6.89. The van der Waals surface area contributed by atoms with Crippen LogP contribution in [0.2, 0.25) is 0 Å². The van der Waals surface area contributed by atoms with Crippen LogP contribution in [0.4, 0.5) is 10.8 Å². The van der Waals surface area contributed by atoms with Crippen molar-refractivity contribution in [3.63, 3.8) is 0 Å². The highest BCUT2D eigenvalue weighted by Gasteiger charge is 2.53. The standard InChI is InChI=1S/C24H22N6O10S2/c1-2-38-17(32)10-40-28-18(15-11-42-24(26-15)25-12-31)20(33)27-19-21(34)29-16(7-8-41-22(19)29)23(35)39-9-13-3-5-14(6-4-13)30(36)37/h3-7,11-12,19,22H,2,8-10H2,1H3,(H,27,33)(H,25,26,31)/t19?,22-/m0/s1. The first-order valence-electron chi connectivity index (χ1n) is 12.1. The van der Waals surface area contributed by atoms with E-state index in [9.17, 15) is 34.1 Å². The zero-order chi connectivity index (χ0) is 30.2. The van der Waals surface area contributed by atoms with Crippen molar-refractivity contribution in [1.82, 2.24) is 15.2 Å². The average Bonchev–Trinajstić information content (AvgIpc) is 3.44. The Bertz CT molecular complexity index is 1460. The van der Waals surface area contributed by atoms with Gasteiger partial charge in [-0.25, -0.2) is 14.6 Å². The highest BCUT2D eigenvalue weighted by atomic mass is 32.2. The number of oxime groups is 1. The number of nitrogens with zero attached hydrogens (tertiary/aromatic N) is 4. The number of amides is 3. The zero-order valence-electron chi connectivity index (χ0n) is 21.7. The van der Waals surface area contributed by atoms with Crippen LogP contribution in [0.3, 0.4) is 0 Å². The number of anilines is 1. The van der Waals surface area contributed by atoms with E-state index in [1.807, 2.05) is 0 Å². The number of hydrogen-bond donors (Lipinski definition) is 2. The molecule has 4 rings (SSSR count). The molecule has 0 aliphatic carbocycles. The summed E-state index contributed by atoms with van der Waals surface area (Å²) in [4.78, 5) is 81.9.